The number of anilines is 1. The molecule has 3 N–H and O–H groups in total. The van der Waals surface area contributed by atoms with Crippen LogP contribution in [-0.2, 0) is 15.9 Å². The minimum atomic E-state index is -0.799. The summed E-state index contributed by atoms with van der Waals surface area (Å²) in [6, 6.07) is 7.23. The van der Waals surface area contributed by atoms with E-state index in [0.717, 1.165) is 5.56 Å². The van der Waals surface area contributed by atoms with Gasteiger partial charge in [0.1, 0.15) is 6.10 Å². The average Bonchev–Trinajstić information content (AvgIpc) is 2.26. The Morgan fingerprint density at radius 1 is 1.25 bits per heavy atom. The highest BCUT2D eigenvalue weighted by Crippen LogP contribution is 2.14. The summed E-state index contributed by atoms with van der Waals surface area (Å²) < 4.78 is 9.85. The normalized spacial score (nSPS) is 11.8. The molecule has 0 saturated heterocycles. The van der Waals surface area contributed by atoms with E-state index in [2.05, 4.69) is 5.32 Å². The summed E-state index contributed by atoms with van der Waals surface area (Å²) in [6.45, 7) is 5.30. The zero-order chi connectivity index (χ0) is 15.1. The smallest absolute Gasteiger partial charge is 0.411 e. The predicted octanol–water partition coefficient (Wildman–Crippen LogP) is 2.67. The number of primary amides is 1. The minimum absolute atomic E-state index is 0.179. The average molecular weight is 280 g/mol. The van der Waals surface area contributed by atoms with Gasteiger partial charge in [0.05, 0.1) is 6.10 Å². The molecule has 0 aliphatic heterocycles. The SMILES string of the molecule is CC(C)OC(=O)Nc1cccc(CC(C)OC(N)=O)c1. The highest BCUT2D eigenvalue weighted by molar-refractivity contribution is 5.84. The van der Waals surface area contributed by atoms with Gasteiger partial charge in [-0.1, -0.05) is 12.1 Å². The van der Waals surface area contributed by atoms with Crippen LogP contribution >= 0.6 is 0 Å². The Kier molecular flexibility index (Phi) is 5.83. The number of ether oxygens (including phenoxy) is 2. The van der Waals surface area contributed by atoms with E-state index >= 15 is 0 Å². The maximum Gasteiger partial charge on any atom is 0.411 e. The number of nitrogens with two attached hydrogens (primary N) is 1. The second-order valence-electron chi connectivity index (χ2n) is 4.73. The highest BCUT2D eigenvalue weighted by atomic mass is 16.6. The van der Waals surface area contributed by atoms with Gasteiger partial charge in [-0.05, 0) is 38.5 Å². The van der Waals surface area contributed by atoms with Crippen LogP contribution in [0.5, 0.6) is 0 Å². The molecule has 20 heavy (non-hydrogen) atoms. The van der Waals surface area contributed by atoms with E-state index in [0.29, 0.717) is 12.1 Å². The lowest BCUT2D eigenvalue weighted by Crippen LogP contribution is -2.22. The van der Waals surface area contributed by atoms with E-state index in [4.69, 9.17) is 15.2 Å². The molecule has 0 aliphatic carbocycles. The fourth-order valence-electron chi connectivity index (χ4n) is 1.71. The Balaban J connectivity index is 2.61. The van der Waals surface area contributed by atoms with Crippen LogP contribution in [0.15, 0.2) is 24.3 Å². The molecule has 1 aromatic carbocycles. The molecule has 0 spiro atoms. The van der Waals surface area contributed by atoms with Gasteiger partial charge in [0.25, 0.3) is 0 Å². The molecular formula is C14H20N2O4. The van der Waals surface area contributed by atoms with E-state index in [9.17, 15) is 9.59 Å². The molecule has 0 radical (unpaired) electrons. The van der Waals surface area contributed by atoms with Crippen molar-refractivity contribution in [2.75, 3.05) is 5.32 Å². The lowest BCUT2D eigenvalue weighted by Gasteiger charge is -2.13. The molecule has 6 heteroatoms. The van der Waals surface area contributed by atoms with Crippen LogP contribution in [0.4, 0.5) is 15.3 Å². The Hall–Kier alpha value is -2.24. The molecule has 6 nitrogen and oxygen atoms in total. The van der Waals surface area contributed by atoms with Crippen molar-refractivity contribution in [1.82, 2.24) is 0 Å². The van der Waals surface area contributed by atoms with Crippen molar-refractivity contribution in [2.24, 2.45) is 5.73 Å². The fourth-order valence-corrected chi connectivity index (χ4v) is 1.71. The number of carbonyl (C=O) groups is 2. The molecule has 1 aromatic rings. The molecule has 0 aromatic heterocycles. The first-order chi connectivity index (χ1) is 9.36. The first-order valence-electron chi connectivity index (χ1n) is 6.39. The van der Waals surface area contributed by atoms with Crippen molar-refractivity contribution in [3.8, 4) is 0 Å². The van der Waals surface area contributed by atoms with Gasteiger partial charge < -0.3 is 15.2 Å². The number of amides is 2. The van der Waals surface area contributed by atoms with Crippen LogP contribution in [0, 0.1) is 0 Å². The number of carbonyl (C=O) groups excluding carboxylic acids is 2. The Morgan fingerprint density at radius 2 is 1.95 bits per heavy atom. The maximum absolute atomic E-state index is 11.5. The summed E-state index contributed by atoms with van der Waals surface area (Å²) in [4.78, 5) is 22.1. The van der Waals surface area contributed by atoms with Crippen molar-refractivity contribution in [3.63, 3.8) is 0 Å². The summed E-state index contributed by atoms with van der Waals surface area (Å²) >= 11 is 0. The first-order valence-corrected chi connectivity index (χ1v) is 6.39. The van der Waals surface area contributed by atoms with Crippen molar-refractivity contribution >= 4 is 17.9 Å². The van der Waals surface area contributed by atoms with Gasteiger partial charge in [0.15, 0.2) is 0 Å². The molecule has 0 fully saturated rings. The third-order valence-corrected chi connectivity index (χ3v) is 2.36. The Morgan fingerprint density at radius 3 is 2.55 bits per heavy atom. The van der Waals surface area contributed by atoms with E-state index in [-0.39, 0.29) is 12.2 Å². The minimum Gasteiger partial charge on any atom is -0.447 e. The summed E-state index contributed by atoms with van der Waals surface area (Å²) in [5.74, 6) is 0. The summed E-state index contributed by atoms with van der Waals surface area (Å²) in [5.41, 5.74) is 6.50. The predicted molar refractivity (Wildman–Crippen MR) is 75.5 cm³/mol. The topological polar surface area (TPSA) is 90.7 Å². The van der Waals surface area contributed by atoms with Gasteiger partial charge in [-0.2, -0.15) is 0 Å². The van der Waals surface area contributed by atoms with Crippen molar-refractivity contribution < 1.29 is 19.1 Å². The standard InChI is InChI=1S/C14H20N2O4/c1-9(2)19-14(18)16-12-6-4-5-11(8-12)7-10(3)20-13(15)17/h4-6,8-10H,7H2,1-3H3,(H2,15,17)(H,16,18). The number of nitrogens with one attached hydrogen (secondary N) is 1. The molecule has 1 atom stereocenters. The van der Waals surface area contributed by atoms with Crippen molar-refractivity contribution in [1.29, 1.82) is 0 Å². The van der Waals surface area contributed by atoms with Crippen LogP contribution in [0.2, 0.25) is 0 Å². The van der Waals surface area contributed by atoms with E-state index in [1.54, 1.807) is 39.0 Å². The summed E-state index contributed by atoms with van der Waals surface area (Å²) in [6.07, 6.45) is -1.30. The zero-order valence-electron chi connectivity index (χ0n) is 11.9. The highest BCUT2D eigenvalue weighted by Gasteiger charge is 2.09. The molecule has 1 unspecified atom stereocenters. The first kappa shape index (κ1) is 15.8. The van der Waals surface area contributed by atoms with Gasteiger partial charge in [0.2, 0.25) is 0 Å². The number of hydrogen-bond acceptors (Lipinski definition) is 4. The van der Waals surface area contributed by atoms with E-state index in [1.807, 2.05) is 6.07 Å². The third kappa shape index (κ3) is 6.08. The monoisotopic (exact) mass is 280 g/mol. The number of benzene rings is 1. The Labute approximate surface area is 118 Å². The maximum atomic E-state index is 11.5. The summed E-state index contributed by atoms with van der Waals surface area (Å²) in [5, 5.41) is 2.63. The number of rotatable bonds is 5. The van der Waals surface area contributed by atoms with Gasteiger partial charge >= 0.3 is 12.2 Å². The second-order valence-corrected chi connectivity index (χ2v) is 4.73. The van der Waals surface area contributed by atoms with E-state index < -0.39 is 12.2 Å². The molecule has 0 saturated carbocycles. The quantitative estimate of drug-likeness (QED) is 0.867. The Bertz CT molecular complexity index is 474. The van der Waals surface area contributed by atoms with Gasteiger partial charge in [-0.15, -0.1) is 0 Å². The molecule has 0 aliphatic rings. The van der Waals surface area contributed by atoms with Gasteiger partial charge in [-0.25, -0.2) is 9.59 Å². The van der Waals surface area contributed by atoms with Crippen LogP contribution in [0.1, 0.15) is 26.3 Å². The molecule has 0 bridgehead atoms. The van der Waals surface area contributed by atoms with Gasteiger partial charge in [0, 0.05) is 12.1 Å². The van der Waals surface area contributed by atoms with Crippen LogP contribution < -0.4 is 11.1 Å². The molecule has 1 rings (SSSR count). The van der Waals surface area contributed by atoms with Crippen molar-refractivity contribution in [3.05, 3.63) is 29.8 Å². The van der Waals surface area contributed by atoms with Crippen LogP contribution in [-0.4, -0.2) is 24.4 Å². The second kappa shape index (κ2) is 7.37. The summed E-state index contributed by atoms with van der Waals surface area (Å²) in [7, 11) is 0. The molecule has 110 valence electrons. The van der Waals surface area contributed by atoms with Crippen LogP contribution in [0.3, 0.4) is 0 Å². The van der Waals surface area contributed by atoms with Crippen molar-refractivity contribution in [2.45, 2.75) is 39.4 Å². The number of hydrogen-bond donors (Lipinski definition) is 2. The molecular weight excluding hydrogens is 260 g/mol. The largest absolute Gasteiger partial charge is 0.447 e. The van der Waals surface area contributed by atoms with Crippen LogP contribution in [0.25, 0.3) is 0 Å². The molecule has 0 heterocycles. The lowest BCUT2D eigenvalue weighted by atomic mass is 10.1. The zero-order valence-corrected chi connectivity index (χ0v) is 11.9. The fraction of sp³-hybridized carbons (Fsp3) is 0.429. The van der Waals surface area contributed by atoms with Gasteiger partial charge in [-0.3, -0.25) is 5.32 Å². The van der Waals surface area contributed by atoms with E-state index in [1.165, 1.54) is 0 Å². The third-order valence-electron chi connectivity index (χ3n) is 2.36. The lowest BCUT2D eigenvalue weighted by molar-refractivity contribution is 0.116. The molecule has 2 amide bonds.